The van der Waals surface area contributed by atoms with Crippen molar-refractivity contribution < 1.29 is 21.7 Å². The van der Waals surface area contributed by atoms with Crippen molar-refractivity contribution in [3.8, 4) is 17.4 Å². The quantitative estimate of drug-likeness (QED) is 0.570. The molecule has 0 saturated heterocycles. The highest BCUT2D eigenvalue weighted by atomic mass is 35.5. The molecule has 0 atom stereocenters. The van der Waals surface area contributed by atoms with Crippen LogP contribution in [0.3, 0.4) is 0 Å². The molecule has 0 saturated carbocycles. The van der Waals surface area contributed by atoms with Crippen molar-refractivity contribution in [2.45, 2.75) is 13.3 Å². The zero-order valence-corrected chi connectivity index (χ0v) is 14.7. The van der Waals surface area contributed by atoms with Gasteiger partial charge in [-0.1, -0.05) is 11.6 Å². The maximum atomic E-state index is 11.4. The number of halogens is 1. The number of hydrogen-bond acceptors (Lipinski definition) is 6. The second-order valence-electron chi connectivity index (χ2n) is 5.19. The van der Waals surface area contributed by atoms with Gasteiger partial charge < -0.3 is 14.2 Å². The molecular formula is C19H17ClN2O4. The van der Waals surface area contributed by atoms with Crippen LogP contribution in [0.4, 0.5) is 0 Å². The first-order chi connectivity index (χ1) is 13.3. The predicted molar refractivity (Wildman–Crippen MR) is 97.8 cm³/mol. The molecule has 2 aromatic carbocycles. The summed E-state index contributed by atoms with van der Waals surface area (Å²) in [5.41, 5.74) is 1.35. The normalized spacial score (nSPS) is 12.2. The Bertz CT molecular complexity index is 978. The molecule has 0 unspecified atom stereocenters. The van der Waals surface area contributed by atoms with E-state index in [0.29, 0.717) is 33.4 Å². The number of fused-ring (bicyclic) bond motifs is 1. The minimum Gasteiger partial charge on any atom is -0.493 e. The smallest absolute Gasteiger partial charge is 0.309 e. The van der Waals surface area contributed by atoms with Crippen molar-refractivity contribution in [2.24, 2.45) is 0 Å². The van der Waals surface area contributed by atoms with Crippen LogP contribution in [-0.2, 0) is 9.53 Å². The molecule has 0 fully saturated rings. The Morgan fingerprint density at radius 3 is 2.69 bits per heavy atom. The van der Waals surface area contributed by atoms with Crippen molar-refractivity contribution in [1.29, 1.82) is 0 Å². The minimum atomic E-state index is -1.99. The second-order valence-corrected chi connectivity index (χ2v) is 5.63. The maximum absolute atomic E-state index is 11.4. The van der Waals surface area contributed by atoms with Crippen LogP contribution in [-0.4, -0.2) is 29.1 Å². The third-order valence-electron chi connectivity index (χ3n) is 3.32. The fraction of sp³-hybridized carbons (Fsp3) is 0.211. The molecule has 3 rings (SSSR count). The summed E-state index contributed by atoms with van der Waals surface area (Å²) in [6.07, 6.45) is 1.46. The van der Waals surface area contributed by atoms with E-state index in [9.17, 15) is 4.79 Å². The SMILES string of the molecule is [2H]C([2H])(C)OC(=O)CCOc1ccc(Oc2cnc3cc(Cl)ccc3n2)cc1. The summed E-state index contributed by atoms with van der Waals surface area (Å²) >= 11 is 5.93. The average molecular weight is 375 g/mol. The fourth-order valence-corrected chi connectivity index (χ4v) is 2.32. The van der Waals surface area contributed by atoms with Crippen LogP contribution in [0.1, 0.15) is 16.1 Å². The van der Waals surface area contributed by atoms with E-state index in [1.54, 1.807) is 42.5 Å². The van der Waals surface area contributed by atoms with Gasteiger partial charge in [0, 0.05) is 5.02 Å². The van der Waals surface area contributed by atoms with Gasteiger partial charge in [-0.05, 0) is 49.4 Å². The van der Waals surface area contributed by atoms with Gasteiger partial charge in [-0.3, -0.25) is 4.79 Å². The van der Waals surface area contributed by atoms with Crippen molar-refractivity contribution in [3.63, 3.8) is 0 Å². The molecule has 0 bridgehead atoms. The Labute approximate surface area is 158 Å². The van der Waals surface area contributed by atoms with E-state index in [1.165, 1.54) is 13.1 Å². The maximum Gasteiger partial charge on any atom is 0.309 e. The first-order valence-corrected chi connectivity index (χ1v) is 8.21. The third-order valence-corrected chi connectivity index (χ3v) is 3.55. The van der Waals surface area contributed by atoms with Gasteiger partial charge in [-0.2, -0.15) is 0 Å². The number of carbonyl (C=O) groups is 1. The highest BCUT2D eigenvalue weighted by Gasteiger charge is 2.05. The highest BCUT2D eigenvalue weighted by molar-refractivity contribution is 6.31. The number of aromatic nitrogens is 2. The molecule has 26 heavy (non-hydrogen) atoms. The van der Waals surface area contributed by atoms with E-state index in [2.05, 4.69) is 14.7 Å². The van der Waals surface area contributed by atoms with E-state index in [-0.39, 0.29) is 13.0 Å². The topological polar surface area (TPSA) is 70.5 Å². The van der Waals surface area contributed by atoms with Gasteiger partial charge in [-0.15, -0.1) is 0 Å². The summed E-state index contributed by atoms with van der Waals surface area (Å²) in [6.45, 7) is -0.749. The summed E-state index contributed by atoms with van der Waals surface area (Å²) in [6, 6.07) is 12.0. The molecule has 1 heterocycles. The van der Waals surface area contributed by atoms with Gasteiger partial charge in [-0.25, -0.2) is 9.97 Å². The zero-order chi connectivity index (χ0) is 20.1. The molecular weight excluding hydrogens is 356 g/mol. The second kappa shape index (κ2) is 8.49. The highest BCUT2D eigenvalue weighted by Crippen LogP contribution is 2.24. The molecule has 6 nitrogen and oxygen atoms in total. The fourth-order valence-electron chi connectivity index (χ4n) is 2.16. The van der Waals surface area contributed by atoms with Crippen molar-refractivity contribution in [3.05, 3.63) is 53.7 Å². The summed E-state index contributed by atoms with van der Waals surface area (Å²) in [7, 11) is 0. The van der Waals surface area contributed by atoms with Crippen LogP contribution in [0.2, 0.25) is 5.02 Å². The van der Waals surface area contributed by atoms with Crippen LogP contribution in [0.25, 0.3) is 11.0 Å². The summed E-state index contributed by atoms with van der Waals surface area (Å²) in [4.78, 5) is 20.1. The lowest BCUT2D eigenvalue weighted by molar-refractivity contribution is -0.143. The first kappa shape index (κ1) is 15.4. The Hall–Kier alpha value is -2.86. The molecule has 1 aromatic heterocycles. The molecule has 0 N–H and O–H groups in total. The average Bonchev–Trinajstić information content (AvgIpc) is 2.62. The molecule has 0 spiro atoms. The molecule has 134 valence electrons. The van der Waals surface area contributed by atoms with E-state index in [4.69, 9.17) is 23.8 Å². The van der Waals surface area contributed by atoms with Gasteiger partial charge in [0.25, 0.3) is 0 Å². The van der Waals surface area contributed by atoms with E-state index < -0.39 is 12.5 Å². The summed E-state index contributed by atoms with van der Waals surface area (Å²) < 4.78 is 30.1. The third kappa shape index (κ3) is 4.83. The lowest BCUT2D eigenvalue weighted by Gasteiger charge is -2.08. The zero-order valence-electron chi connectivity index (χ0n) is 15.9. The van der Waals surface area contributed by atoms with Crippen LogP contribution >= 0.6 is 11.6 Å². The molecule has 3 aromatic rings. The van der Waals surface area contributed by atoms with Gasteiger partial charge >= 0.3 is 5.97 Å². The Kier molecular flexibility index (Phi) is 5.03. The molecule has 0 aliphatic rings. The van der Waals surface area contributed by atoms with E-state index in [0.717, 1.165) is 0 Å². The largest absolute Gasteiger partial charge is 0.493 e. The standard InChI is InChI=1S/C19H17ClN2O4/c1-2-24-19(23)9-10-25-14-4-6-15(7-5-14)26-18-12-21-17-11-13(20)3-8-16(17)22-18/h3-8,11-12H,2,9-10H2,1H3/i2D2. The molecule has 0 aliphatic carbocycles. The molecule has 7 heteroatoms. The molecule has 0 aliphatic heterocycles. The number of nitrogens with zero attached hydrogens (tertiary/aromatic N) is 2. The number of rotatable bonds is 7. The van der Waals surface area contributed by atoms with Gasteiger partial charge in [0.2, 0.25) is 5.88 Å². The molecule has 0 amide bonds. The van der Waals surface area contributed by atoms with E-state index >= 15 is 0 Å². The Morgan fingerprint density at radius 1 is 1.15 bits per heavy atom. The van der Waals surface area contributed by atoms with Crippen molar-refractivity contribution in [1.82, 2.24) is 9.97 Å². The Morgan fingerprint density at radius 2 is 1.92 bits per heavy atom. The number of carbonyl (C=O) groups excluding carboxylic acids is 1. The monoisotopic (exact) mass is 374 g/mol. The Balaban J connectivity index is 1.54. The van der Waals surface area contributed by atoms with Crippen LogP contribution in [0.5, 0.6) is 17.4 Å². The van der Waals surface area contributed by atoms with Gasteiger partial charge in [0.15, 0.2) is 0 Å². The van der Waals surface area contributed by atoms with Gasteiger partial charge in [0.05, 0.1) is 39.6 Å². The van der Waals surface area contributed by atoms with Crippen molar-refractivity contribution in [2.75, 3.05) is 13.2 Å². The number of esters is 1. The van der Waals surface area contributed by atoms with Crippen LogP contribution < -0.4 is 9.47 Å². The van der Waals surface area contributed by atoms with Crippen LogP contribution in [0, 0.1) is 0 Å². The first-order valence-electron chi connectivity index (χ1n) is 8.83. The minimum absolute atomic E-state index is 0.0533. The summed E-state index contributed by atoms with van der Waals surface area (Å²) in [5.74, 6) is 0.774. The lowest BCUT2D eigenvalue weighted by atomic mass is 10.3. The van der Waals surface area contributed by atoms with Crippen molar-refractivity contribution >= 4 is 28.6 Å². The number of ether oxygens (including phenoxy) is 3. The number of hydrogen-bond donors (Lipinski definition) is 0. The van der Waals surface area contributed by atoms with Gasteiger partial charge in [0.1, 0.15) is 11.5 Å². The van der Waals surface area contributed by atoms with E-state index in [1.807, 2.05) is 0 Å². The predicted octanol–water partition coefficient (Wildman–Crippen LogP) is 4.41. The lowest BCUT2D eigenvalue weighted by Crippen LogP contribution is -2.09. The number of benzene rings is 2. The molecule has 0 radical (unpaired) electrons. The van der Waals surface area contributed by atoms with Crippen LogP contribution in [0.15, 0.2) is 48.7 Å². The summed E-state index contributed by atoms with van der Waals surface area (Å²) in [5, 5.41) is 0.590.